The summed E-state index contributed by atoms with van der Waals surface area (Å²) >= 11 is 6.01. The molecule has 0 unspecified atom stereocenters. The number of halogens is 1. The Bertz CT molecular complexity index is 455. The topological polar surface area (TPSA) is 38.9 Å². The predicted molar refractivity (Wildman–Crippen MR) is 59.1 cm³/mol. The Hall–Kier alpha value is -1.54. The lowest BCUT2D eigenvalue weighted by molar-refractivity contribution is 1.33. The van der Waals surface area contributed by atoms with Crippen molar-refractivity contribution in [2.24, 2.45) is 0 Å². The van der Waals surface area contributed by atoms with Crippen LogP contribution in [0.5, 0.6) is 0 Å². The van der Waals surface area contributed by atoms with Crippen LogP contribution in [-0.2, 0) is 0 Å². The minimum atomic E-state index is 0.637. The van der Waals surface area contributed by atoms with Crippen molar-refractivity contribution in [2.45, 2.75) is 0 Å². The SMILES string of the molecule is Nc1cccc(-c2ncccc2Cl)c1. The van der Waals surface area contributed by atoms with E-state index in [1.54, 1.807) is 12.3 Å². The minimum Gasteiger partial charge on any atom is -0.399 e. The summed E-state index contributed by atoms with van der Waals surface area (Å²) in [7, 11) is 0. The van der Waals surface area contributed by atoms with Gasteiger partial charge in [-0.1, -0.05) is 23.7 Å². The molecule has 0 spiro atoms. The largest absolute Gasteiger partial charge is 0.399 e. The molecule has 2 rings (SSSR count). The maximum absolute atomic E-state index is 6.01. The number of benzene rings is 1. The third-order valence-corrected chi connectivity index (χ3v) is 2.22. The van der Waals surface area contributed by atoms with Crippen molar-refractivity contribution < 1.29 is 0 Å². The zero-order valence-corrected chi connectivity index (χ0v) is 8.20. The number of hydrogen-bond donors (Lipinski definition) is 1. The summed E-state index contributed by atoms with van der Waals surface area (Å²) in [5, 5.41) is 0.637. The van der Waals surface area contributed by atoms with Gasteiger partial charge in [0.15, 0.2) is 0 Å². The van der Waals surface area contributed by atoms with Gasteiger partial charge < -0.3 is 5.73 Å². The summed E-state index contributed by atoms with van der Waals surface area (Å²) in [5.41, 5.74) is 8.09. The number of aromatic nitrogens is 1. The average molecular weight is 205 g/mol. The number of nitrogen functional groups attached to an aromatic ring is 1. The first-order valence-electron chi connectivity index (χ1n) is 4.24. The van der Waals surface area contributed by atoms with Crippen LogP contribution in [0.3, 0.4) is 0 Å². The van der Waals surface area contributed by atoms with Gasteiger partial charge in [0.1, 0.15) is 0 Å². The third-order valence-electron chi connectivity index (χ3n) is 1.92. The number of nitrogens with zero attached hydrogens (tertiary/aromatic N) is 1. The number of anilines is 1. The normalized spacial score (nSPS) is 10.1. The molecule has 0 saturated heterocycles. The Morgan fingerprint density at radius 3 is 2.71 bits per heavy atom. The molecule has 1 aromatic carbocycles. The van der Waals surface area contributed by atoms with Crippen LogP contribution < -0.4 is 5.73 Å². The van der Waals surface area contributed by atoms with Crippen LogP contribution in [0.25, 0.3) is 11.3 Å². The van der Waals surface area contributed by atoms with Gasteiger partial charge in [0.05, 0.1) is 10.7 Å². The Morgan fingerprint density at radius 1 is 1.14 bits per heavy atom. The molecule has 0 amide bonds. The molecule has 0 saturated carbocycles. The van der Waals surface area contributed by atoms with Crippen LogP contribution in [0.15, 0.2) is 42.6 Å². The van der Waals surface area contributed by atoms with Crippen molar-refractivity contribution >= 4 is 17.3 Å². The molecule has 0 radical (unpaired) electrons. The van der Waals surface area contributed by atoms with Crippen molar-refractivity contribution in [3.63, 3.8) is 0 Å². The molecule has 2 N–H and O–H groups in total. The highest BCUT2D eigenvalue weighted by atomic mass is 35.5. The van der Waals surface area contributed by atoms with Crippen molar-refractivity contribution in [3.8, 4) is 11.3 Å². The predicted octanol–water partition coefficient (Wildman–Crippen LogP) is 2.98. The van der Waals surface area contributed by atoms with E-state index in [2.05, 4.69) is 4.98 Å². The Morgan fingerprint density at radius 2 is 2.00 bits per heavy atom. The first-order valence-corrected chi connectivity index (χ1v) is 4.61. The van der Waals surface area contributed by atoms with Crippen LogP contribution in [-0.4, -0.2) is 4.98 Å². The lowest BCUT2D eigenvalue weighted by Gasteiger charge is -2.03. The second-order valence-electron chi connectivity index (χ2n) is 2.96. The molecule has 0 aliphatic rings. The molecule has 1 heterocycles. The van der Waals surface area contributed by atoms with Gasteiger partial charge in [-0.05, 0) is 24.3 Å². The molecule has 0 atom stereocenters. The second kappa shape index (κ2) is 3.68. The molecular formula is C11H9ClN2. The molecule has 1 aromatic heterocycles. The molecule has 2 nitrogen and oxygen atoms in total. The van der Waals surface area contributed by atoms with Gasteiger partial charge in [-0.15, -0.1) is 0 Å². The van der Waals surface area contributed by atoms with E-state index < -0.39 is 0 Å². The Balaban J connectivity index is 2.55. The van der Waals surface area contributed by atoms with E-state index in [0.29, 0.717) is 10.7 Å². The molecule has 70 valence electrons. The number of nitrogens with two attached hydrogens (primary N) is 1. The van der Waals surface area contributed by atoms with Gasteiger partial charge >= 0.3 is 0 Å². The highest BCUT2D eigenvalue weighted by Crippen LogP contribution is 2.25. The first-order chi connectivity index (χ1) is 6.77. The van der Waals surface area contributed by atoms with Gasteiger partial charge in [-0.2, -0.15) is 0 Å². The smallest absolute Gasteiger partial charge is 0.0888 e. The maximum Gasteiger partial charge on any atom is 0.0888 e. The molecule has 0 aliphatic carbocycles. The van der Waals surface area contributed by atoms with E-state index >= 15 is 0 Å². The number of pyridine rings is 1. The van der Waals surface area contributed by atoms with Crippen LogP contribution >= 0.6 is 11.6 Å². The van der Waals surface area contributed by atoms with E-state index in [0.717, 1.165) is 11.3 Å². The fraction of sp³-hybridized carbons (Fsp3) is 0. The molecule has 0 bridgehead atoms. The highest BCUT2D eigenvalue weighted by molar-refractivity contribution is 6.33. The lowest BCUT2D eigenvalue weighted by atomic mass is 10.1. The fourth-order valence-electron chi connectivity index (χ4n) is 1.28. The quantitative estimate of drug-likeness (QED) is 0.726. The number of hydrogen-bond acceptors (Lipinski definition) is 2. The van der Waals surface area contributed by atoms with E-state index in [4.69, 9.17) is 17.3 Å². The molecule has 3 heteroatoms. The zero-order chi connectivity index (χ0) is 9.97. The highest BCUT2D eigenvalue weighted by Gasteiger charge is 2.03. The van der Waals surface area contributed by atoms with Crippen molar-refractivity contribution in [3.05, 3.63) is 47.6 Å². The Kier molecular flexibility index (Phi) is 2.37. The maximum atomic E-state index is 6.01. The number of rotatable bonds is 1. The van der Waals surface area contributed by atoms with Gasteiger partial charge in [0, 0.05) is 17.4 Å². The minimum absolute atomic E-state index is 0.637. The van der Waals surface area contributed by atoms with E-state index in [-0.39, 0.29) is 0 Å². The molecule has 0 fully saturated rings. The standard InChI is InChI=1S/C11H9ClN2/c12-10-5-2-6-14-11(10)8-3-1-4-9(13)7-8/h1-7H,13H2. The van der Waals surface area contributed by atoms with Gasteiger partial charge in [-0.3, -0.25) is 4.98 Å². The average Bonchev–Trinajstić information content (AvgIpc) is 2.18. The van der Waals surface area contributed by atoms with Crippen LogP contribution in [0.1, 0.15) is 0 Å². The van der Waals surface area contributed by atoms with Crippen LogP contribution in [0.2, 0.25) is 5.02 Å². The molecule has 0 aliphatic heterocycles. The first kappa shape index (κ1) is 9.03. The van der Waals surface area contributed by atoms with E-state index in [9.17, 15) is 0 Å². The van der Waals surface area contributed by atoms with Crippen molar-refractivity contribution in [1.29, 1.82) is 0 Å². The summed E-state index contributed by atoms with van der Waals surface area (Å²) in [6, 6.07) is 11.1. The second-order valence-corrected chi connectivity index (χ2v) is 3.37. The van der Waals surface area contributed by atoms with Crippen molar-refractivity contribution in [2.75, 3.05) is 5.73 Å². The fourth-order valence-corrected chi connectivity index (χ4v) is 1.51. The summed E-state index contributed by atoms with van der Waals surface area (Å²) in [5.74, 6) is 0. The third kappa shape index (κ3) is 1.70. The molecule has 2 aromatic rings. The van der Waals surface area contributed by atoms with Gasteiger partial charge in [-0.25, -0.2) is 0 Å². The van der Waals surface area contributed by atoms with Gasteiger partial charge in [0.25, 0.3) is 0 Å². The monoisotopic (exact) mass is 204 g/mol. The lowest BCUT2D eigenvalue weighted by Crippen LogP contribution is -1.87. The summed E-state index contributed by atoms with van der Waals surface area (Å²) in [4.78, 5) is 4.20. The van der Waals surface area contributed by atoms with E-state index in [1.807, 2.05) is 30.3 Å². The van der Waals surface area contributed by atoms with Crippen LogP contribution in [0, 0.1) is 0 Å². The molecular weight excluding hydrogens is 196 g/mol. The van der Waals surface area contributed by atoms with Gasteiger partial charge in [0.2, 0.25) is 0 Å². The van der Waals surface area contributed by atoms with Crippen LogP contribution in [0.4, 0.5) is 5.69 Å². The summed E-state index contributed by atoms with van der Waals surface area (Å²) in [6.07, 6.45) is 1.71. The summed E-state index contributed by atoms with van der Waals surface area (Å²) in [6.45, 7) is 0. The van der Waals surface area contributed by atoms with Crippen molar-refractivity contribution in [1.82, 2.24) is 4.98 Å². The zero-order valence-electron chi connectivity index (χ0n) is 7.44. The van der Waals surface area contributed by atoms with E-state index in [1.165, 1.54) is 0 Å². The molecule has 14 heavy (non-hydrogen) atoms. The summed E-state index contributed by atoms with van der Waals surface area (Å²) < 4.78 is 0. The Labute approximate surface area is 87.4 Å².